The number of fused-ring (bicyclic) bond motifs is 2. The minimum Gasteiger partial charge on any atom is -0.484 e. The van der Waals surface area contributed by atoms with Crippen molar-refractivity contribution in [3.05, 3.63) is 104 Å². The van der Waals surface area contributed by atoms with Crippen LogP contribution in [0, 0.1) is 5.92 Å². The number of thiazole rings is 1. The zero-order chi connectivity index (χ0) is 33.0. The van der Waals surface area contributed by atoms with E-state index in [9.17, 15) is 45.5 Å². The Bertz CT molecular complexity index is 1920. The van der Waals surface area contributed by atoms with Crippen molar-refractivity contribution >= 4 is 52.2 Å². The van der Waals surface area contributed by atoms with Gasteiger partial charge in [-0.1, -0.05) is 53.4 Å². The molecule has 0 spiro atoms. The molecule has 0 bridgehead atoms. The van der Waals surface area contributed by atoms with Crippen LogP contribution in [-0.2, 0) is 26.7 Å². The van der Waals surface area contributed by atoms with E-state index in [1.807, 2.05) is 0 Å². The molecule has 16 heteroatoms. The van der Waals surface area contributed by atoms with Crippen LogP contribution in [0.1, 0.15) is 27.5 Å². The van der Waals surface area contributed by atoms with Gasteiger partial charge in [-0.15, -0.1) is 0 Å². The third kappa shape index (κ3) is 5.89. The Balaban J connectivity index is 1.28. The summed E-state index contributed by atoms with van der Waals surface area (Å²) in [5.41, 5.74) is -2.42. The Morgan fingerprint density at radius 3 is 2.37 bits per heavy atom. The predicted octanol–water partition coefficient (Wildman–Crippen LogP) is 6.29. The third-order valence-corrected chi connectivity index (χ3v) is 9.74. The second-order valence-electron chi connectivity index (χ2n) is 10.3. The first-order valence-corrected chi connectivity index (χ1v) is 15.1. The number of halogens is 6. The van der Waals surface area contributed by atoms with E-state index in [0.29, 0.717) is 20.4 Å². The lowest BCUT2D eigenvalue weighted by molar-refractivity contribution is -0.138. The van der Waals surface area contributed by atoms with E-state index in [0.717, 1.165) is 59.5 Å². The Morgan fingerprint density at radius 2 is 1.63 bits per heavy atom. The highest BCUT2D eigenvalue weighted by Crippen LogP contribution is 2.54. The average Bonchev–Trinajstić information content (AvgIpc) is 3.49. The van der Waals surface area contributed by atoms with Crippen LogP contribution in [0.15, 0.2) is 82.6 Å². The lowest BCUT2D eigenvalue weighted by Crippen LogP contribution is -2.33. The molecule has 4 aromatic rings. The highest BCUT2D eigenvalue weighted by atomic mass is 32.2. The molecule has 2 aliphatic heterocycles. The molecule has 0 aliphatic carbocycles. The van der Waals surface area contributed by atoms with E-state index in [-0.39, 0.29) is 11.4 Å². The summed E-state index contributed by atoms with van der Waals surface area (Å²) in [7, 11) is 0. The Labute approximate surface area is 263 Å². The zero-order valence-electron chi connectivity index (χ0n) is 22.9. The number of imide groups is 1. The molecule has 3 amide bonds. The fraction of sp³-hybridized carbons (Fsp3) is 0.200. The third-order valence-electron chi connectivity index (χ3n) is 7.34. The van der Waals surface area contributed by atoms with Crippen molar-refractivity contribution in [3.63, 3.8) is 0 Å². The van der Waals surface area contributed by atoms with Crippen LogP contribution >= 0.6 is 23.1 Å². The van der Waals surface area contributed by atoms with Gasteiger partial charge in [0.25, 0.3) is 5.91 Å². The highest BCUT2D eigenvalue weighted by Gasteiger charge is 2.57. The molecular weight excluding hydrogens is 660 g/mol. The molecule has 46 heavy (non-hydrogen) atoms. The molecule has 0 radical (unpaired) electrons. The van der Waals surface area contributed by atoms with Gasteiger partial charge in [0.1, 0.15) is 11.0 Å². The summed E-state index contributed by atoms with van der Waals surface area (Å²) in [5, 5.41) is 1.48. The van der Waals surface area contributed by atoms with Crippen molar-refractivity contribution in [2.24, 2.45) is 5.92 Å². The summed E-state index contributed by atoms with van der Waals surface area (Å²) >= 11 is 1.70. The number of nitrogens with zero attached hydrogens (tertiary/aromatic N) is 1. The van der Waals surface area contributed by atoms with Crippen LogP contribution < -0.4 is 19.8 Å². The molecule has 3 atom stereocenters. The van der Waals surface area contributed by atoms with Gasteiger partial charge in [-0.2, -0.15) is 26.3 Å². The molecule has 6 rings (SSSR count). The van der Waals surface area contributed by atoms with Gasteiger partial charge >= 0.3 is 17.2 Å². The number of benzene rings is 3. The number of hydrogen-bond acceptors (Lipinski definition) is 7. The van der Waals surface area contributed by atoms with Crippen molar-refractivity contribution in [1.29, 1.82) is 0 Å². The summed E-state index contributed by atoms with van der Waals surface area (Å²) in [5.74, 6) is -4.50. The van der Waals surface area contributed by atoms with Gasteiger partial charge in [0, 0.05) is 16.5 Å². The van der Waals surface area contributed by atoms with Crippen LogP contribution in [0.2, 0.25) is 0 Å². The molecule has 1 aromatic heterocycles. The number of aromatic nitrogens is 1. The summed E-state index contributed by atoms with van der Waals surface area (Å²) in [6.45, 7) is -0.603. The molecule has 1 fully saturated rings. The van der Waals surface area contributed by atoms with Crippen LogP contribution in [0.4, 0.5) is 37.7 Å². The number of hydrogen-bond donors (Lipinski definition) is 2. The van der Waals surface area contributed by atoms with Crippen molar-refractivity contribution in [2.75, 3.05) is 16.8 Å². The molecule has 2 N–H and O–H groups in total. The quantitative estimate of drug-likeness (QED) is 0.183. The number of rotatable bonds is 6. The maximum absolute atomic E-state index is 13.9. The highest BCUT2D eigenvalue weighted by molar-refractivity contribution is 8.00. The Morgan fingerprint density at radius 1 is 0.891 bits per heavy atom. The first-order chi connectivity index (χ1) is 21.7. The number of alkyl halides is 6. The normalized spacial score (nSPS) is 19.5. The average molecular weight is 680 g/mol. The topological polar surface area (TPSA) is 109 Å². The van der Waals surface area contributed by atoms with Gasteiger partial charge in [-0.3, -0.25) is 19.2 Å². The summed E-state index contributed by atoms with van der Waals surface area (Å²) < 4.78 is 86.2. The molecular formula is C30H19F6N3O5S2. The van der Waals surface area contributed by atoms with Crippen molar-refractivity contribution in [1.82, 2.24) is 4.98 Å². The lowest BCUT2D eigenvalue weighted by Gasteiger charge is -2.30. The van der Waals surface area contributed by atoms with Crippen LogP contribution in [-0.4, -0.2) is 34.6 Å². The number of aromatic amines is 1. The van der Waals surface area contributed by atoms with Gasteiger partial charge in [-0.25, -0.2) is 4.90 Å². The molecule has 3 heterocycles. The summed E-state index contributed by atoms with van der Waals surface area (Å²) in [4.78, 5) is 55.4. The second kappa shape index (κ2) is 11.7. The van der Waals surface area contributed by atoms with Crippen molar-refractivity contribution < 1.29 is 45.5 Å². The first-order valence-electron chi connectivity index (χ1n) is 13.4. The van der Waals surface area contributed by atoms with Crippen molar-refractivity contribution in [2.45, 2.75) is 28.5 Å². The fourth-order valence-corrected chi connectivity index (χ4v) is 7.95. The monoisotopic (exact) mass is 679 g/mol. The van der Waals surface area contributed by atoms with Crippen LogP contribution in [0.3, 0.4) is 0 Å². The molecule has 3 aromatic carbocycles. The molecule has 1 saturated heterocycles. The standard InChI is InChI=1S/C30H19F6N3O5S2/c31-29(32,33)15-6-4-7-16(12-15)37-20(40)13-44-17-8-3-5-14(11-17)21-22-24(45-25-23(21)46-28(43)38-25)27(42)39(26(22)41)19-10-2-1-9-18(19)30(34,35)36/h1-12,21-22,24H,13H2,(H,37,40)(H,38,43). The number of anilines is 2. The van der Waals surface area contributed by atoms with E-state index in [1.165, 1.54) is 30.3 Å². The smallest absolute Gasteiger partial charge is 0.418 e. The van der Waals surface area contributed by atoms with Gasteiger partial charge in [-0.05, 0) is 48.0 Å². The fourth-order valence-electron chi connectivity index (χ4n) is 5.44. The van der Waals surface area contributed by atoms with Crippen molar-refractivity contribution in [3.8, 4) is 5.75 Å². The number of para-hydroxylation sites is 1. The second-order valence-corrected chi connectivity index (χ2v) is 12.4. The SMILES string of the molecule is O=C(COc1cccc(C2c3sc(=O)[nH]c3SC3C(=O)N(c4ccccc4C(F)(F)F)C(=O)C32)c1)Nc1cccc(C(F)(F)F)c1. The maximum Gasteiger partial charge on any atom is 0.418 e. The van der Waals surface area contributed by atoms with Crippen LogP contribution in [0.25, 0.3) is 0 Å². The number of H-pyrrole nitrogens is 1. The number of carbonyl (C=O) groups excluding carboxylic acids is 3. The predicted molar refractivity (Wildman–Crippen MR) is 156 cm³/mol. The molecule has 2 aliphatic rings. The molecule has 8 nitrogen and oxygen atoms in total. The van der Waals surface area contributed by atoms with Gasteiger partial charge in [0.15, 0.2) is 6.61 Å². The summed E-state index contributed by atoms with van der Waals surface area (Å²) in [6.07, 6.45) is -9.45. The number of carbonyl (C=O) groups is 3. The van der Waals surface area contributed by atoms with Gasteiger partial charge in [0.05, 0.1) is 27.8 Å². The van der Waals surface area contributed by atoms with Gasteiger partial charge in [0.2, 0.25) is 11.8 Å². The van der Waals surface area contributed by atoms with E-state index < -0.39 is 75.5 Å². The van der Waals surface area contributed by atoms with E-state index in [1.54, 1.807) is 6.07 Å². The number of thioether (sulfide) groups is 1. The van der Waals surface area contributed by atoms with Crippen LogP contribution in [0.5, 0.6) is 5.75 Å². The number of nitrogens with one attached hydrogen (secondary N) is 2. The molecule has 0 saturated carbocycles. The number of amides is 3. The maximum atomic E-state index is 13.9. The van der Waals surface area contributed by atoms with Gasteiger partial charge < -0.3 is 15.0 Å². The minimum atomic E-state index is -4.85. The molecule has 3 unspecified atom stereocenters. The Kier molecular flexibility index (Phi) is 7.96. The lowest BCUT2D eigenvalue weighted by atomic mass is 9.83. The minimum absolute atomic E-state index is 0.0983. The zero-order valence-corrected chi connectivity index (χ0v) is 24.6. The van der Waals surface area contributed by atoms with E-state index in [2.05, 4.69) is 10.3 Å². The van der Waals surface area contributed by atoms with E-state index >= 15 is 0 Å². The van der Waals surface area contributed by atoms with E-state index in [4.69, 9.17) is 4.74 Å². The Hall–Kier alpha value is -4.57. The molecule has 238 valence electrons. The summed E-state index contributed by atoms with van der Waals surface area (Å²) in [6, 6.07) is 14.4. The number of ether oxygens (including phenoxy) is 1. The first kappa shape index (κ1) is 31.4. The largest absolute Gasteiger partial charge is 0.484 e.